The Hall–Kier alpha value is -2.44. The van der Waals surface area contributed by atoms with Crippen LogP contribution in [0.25, 0.3) is 0 Å². The minimum absolute atomic E-state index is 0.0533. The van der Waals surface area contributed by atoms with Crippen molar-refractivity contribution in [3.8, 4) is 11.5 Å². The van der Waals surface area contributed by atoms with Gasteiger partial charge in [0.1, 0.15) is 0 Å². The average molecular weight is 593 g/mol. The molecule has 1 aliphatic carbocycles. The van der Waals surface area contributed by atoms with Gasteiger partial charge in [-0.05, 0) is 78.6 Å². The highest BCUT2D eigenvalue weighted by Gasteiger charge is 2.26. The third-order valence-electron chi connectivity index (χ3n) is 7.07. The molecule has 0 bridgehead atoms. The molecule has 11 heteroatoms. The quantitative estimate of drug-likeness (QED) is 0.298. The summed E-state index contributed by atoms with van der Waals surface area (Å²) in [5.41, 5.74) is 0.907. The first-order valence-electron chi connectivity index (χ1n) is 13.1. The zero-order chi connectivity index (χ0) is 27.9. The summed E-state index contributed by atoms with van der Waals surface area (Å²) < 4.78 is 68.0. The minimum Gasteiger partial charge on any atom is -0.493 e. The Labute approximate surface area is 236 Å². The predicted molar refractivity (Wildman–Crippen MR) is 153 cm³/mol. The number of nitrogens with zero attached hydrogens (tertiary/aromatic N) is 1. The van der Waals surface area contributed by atoms with Crippen LogP contribution >= 0.6 is 11.3 Å². The Bertz CT molecular complexity index is 1420. The van der Waals surface area contributed by atoms with Crippen LogP contribution in [0.3, 0.4) is 0 Å². The summed E-state index contributed by atoms with van der Waals surface area (Å²) in [6.07, 6.45) is 5.99. The normalized spacial score (nSPS) is 14.9. The minimum atomic E-state index is -3.90. The first-order chi connectivity index (χ1) is 18.7. The molecule has 39 heavy (non-hydrogen) atoms. The van der Waals surface area contributed by atoms with E-state index in [1.54, 1.807) is 20.3 Å². The van der Waals surface area contributed by atoms with E-state index < -0.39 is 20.0 Å². The molecule has 1 aromatic heterocycles. The molecule has 0 amide bonds. The monoisotopic (exact) mass is 592 g/mol. The van der Waals surface area contributed by atoms with E-state index in [2.05, 4.69) is 4.72 Å². The Morgan fingerprint density at radius 1 is 0.897 bits per heavy atom. The van der Waals surface area contributed by atoms with E-state index in [-0.39, 0.29) is 22.9 Å². The lowest BCUT2D eigenvalue weighted by atomic mass is 9.90. The highest BCUT2D eigenvalue weighted by molar-refractivity contribution is 7.89. The second kappa shape index (κ2) is 13.3. The summed E-state index contributed by atoms with van der Waals surface area (Å²) in [5, 5.41) is 1.91. The summed E-state index contributed by atoms with van der Waals surface area (Å²) in [7, 11) is -4.49. The van der Waals surface area contributed by atoms with Gasteiger partial charge in [0.05, 0.1) is 24.0 Å². The maximum Gasteiger partial charge on any atom is 0.243 e. The molecule has 3 aromatic rings. The smallest absolute Gasteiger partial charge is 0.243 e. The number of nitrogens with one attached hydrogen (secondary N) is 1. The van der Waals surface area contributed by atoms with Crippen LogP contribution in [0.4, 0.5) is 0 Å². The van der Waals surface area contributed by atoms with Crippen molar-refractivity contribution in [2.24, 2.45) is 5.92 Å². The van der Waals surface area contributed by atoms with Crippen molar-refractivity contribution in [1.82, 2.24) is 9.03 Å². The first kappa shape index (κ1) is 29.5. The van der Waals surface area contributed by atoms with E-state index in [0.29, 0.717) is 30.4 Å². The van der Waals surface area contributed by atoms with E-state index >= 15 is 0 Å². The molecule has 0 atom stereocenters. The number of hydrogen-bond acceptors (Lipinski definition) is 7. The second-order valence-electron chi connectivity index (χ2n) is 9.68. The standard InChI is InChI=1S/C28H36N2O6S3/c1-35-27-15-10-22(19-28(27)36-2)16-17-30(21-24-9-6-18-37-24)39(33,34)26-13-11-25(12-14-26)38(31,32)29-20-23-7-4-3-5-8-23/h6,9-15,18-19,23,29H,3-5,7-8,16-17,20-21H2,1-2H3. The van der Waals surface area contributed by atoms with Crippen molar-refractivity contribution in [1.29, 1.82) is 0 Å². The second-order valence-corrected chi connectivity index (χ2v) is 14.4. The average Bonchev–Trinajstić information content (AvgIpc) is 3.48. The van der Waals surface area contributed by atoms with Crippen LogP contribution in [-0.2, 0) is 33.0 Å². The van der Waals surface area contributed by atoms with E-state index in [4.69, 9.17) is 9.47 Å². The lowest BCUT2D eigenvalue weighted by molar-refractivity contribution is 0.354. The van der Waals surface area contributed by atoms with Gasteiger partial charge in [-0.25, -0.2) is 21.6 Å². The lowest BCUT2D eigenvalue weighted by Crippen LogP contribution is -2.32. The molecule has 0 spiro atoms. The first-order valence-corrected chi connectivity index (χ1v) is 16.9. The van der Waals surface area contributed by atoms with E-state index in [1.165, 1.54) is 46.3 Å². The predicted octanol–water partition coefficient (Wildman–Crippen LogP) is 5.06. The number of hydrogen-bond donors (Lipinski definition) is 1. The van der Waals surface area contributed by atoms with Gasteiger partial charge in [0.15, 0.2) is 11.5 Å². The molecule has 1 heterocycles. The fraction of sp³-hybridized carbons (Fsp3) is 0.429. The van der Waals surface area contributed by atoms with Crippen molar-refractivity contribution in [2.45, 2.75) is 54.9 Å². The van der Waals surface area contributed by atoms with Crippen LogP contribution in [-0.4, -0.2) is 48.4 Å². The third kappa shape index (κ3) is 7.61. The molecule has 8 nitrogen and oxygen atoms in total. The van der Waals surface area contributed by atoms with Crippen molar-refractivity contribution >= 4 is 31.4 Å². The van der Waals surface area contributed by atoms with Gasteiger partial charge >= 0.3 is 0 Å². The van der Waals surface area contributed by atoms with Crippen LogP contribution in [0.5, 0.6) is 11.5 Å². The molecular formula is C28H36N2O6S3. The Kier molecular flexibility index (Phi) is 10.1. The molecule has 1 aliphatic rings. The maximum atomic E-state index is 13.7. The van der Waals surface area contributed by atoms with Crippen molar-refractivity contribution in [3.63, 3.8) is 0 Å². The van der Waals surface area contributed by atoms with Crippen molar-refractivity contribution in [3.05, 3.63) is 70.4 Å². The third-order valence-corrected chi connectivity index (χ3v) is 11.2. The van der Waals surface area contributed by atoms with E-state index in [1.807, 2.05) is 29.6 Å². The van der Waals surface area contributed by atoms with Gasteiger partial charge in [0, 0.05) is 24.5 Å². The van der Waals surface area contributed by atoms with Gasteiger partial charge < -0.3 is 9.47 Å². The van der Waals surface area contributed by atoms with Gasteiger partial charge in [0.2, 0.25) is 20.0 Å². The van der Waals surface area contributed by atoms with Crippen molar-refractivity contribution < 1.29 is 26.3 Å². The van der Waals surface area contributed by atoms with E-state index in [9.17, 15) is 16.8 Å². The van der Waals surface area contributed by atoms with Gasteiger partial charge in [-0.15, -0.1) is 11.3 Å². The summed E-state index contributed by atoms with van der Waals surface area (Å²) in [6, 6.07) is 14.8. The molecule has 1 fully saturated rings. The zero-order valence-electron chi connectivity index (χ0n) is 22.3. The summed E-state index contributed by atoms with van der Waals surface area (Å²) in [5.74, 6) is 1.54. The van der Waals surface area contributed by atoms with Crippen LogP contribution in [0, 0.1) is 5.92 Å². The molecule has 0 radical (unpaired) electrons. The molecule has 0 aliphatic heterocycles. The SMILES string of the molecule is COc1ccc(CCN(Cc2cccs2)S(=O)(=O)c2ccc(S(=O)(=O)NCC3CCCCC3)cc2)cc1OC. The highest BCUT2D eigenvalue weighted by Crippen LogP contribution is 2.29. The summed E-state index contributed by atoms with van der Waals surface area (Å²) in [4.78, 5) is 1.03. The Morgan fingerprint density at radius 3 is 2.23 bits per heavy atom. The topological polar surface area (TPSA) is 102 Å². The number of benzene rings is 2. The summed E-state index contributed by atoms with van der Waals surface area (Å²) in [6.45, 7) is 0.863. The molecule has 0 saturated heterocycles. The maximum absolute atomic E-state index is 13.7. The molecule has 2 aromatic carbocycles. The summed E-state index contributed by atoms with van der Waals surface area (Å²) >= 11 is 1.49. The Balaban J connectivity index is 1.50. The lowest BCUT2D eigenvalue weighted by Gasteiger charge is -2.23. The van der Waals surface area contributed by atoms with Gasteiger partial charge in [-0.1, -0.05) is 31.4 Å². The largest absolute Gasteiger partial charge is 0.493 e. The number of sulfonamides is 2. The van der Waals surface area contributed by atoms with Crippen molar-refractivity contribution in [2.75, 3.05) is 27.3 Å². The van der Waals surface area contributed by atoms with Gasteiger partial charge in [-0.3, -0.25) is 0 Å². The number of rotatable bonds is 13. The molecule has 1 saturated carbocycles. The van der Waals surface area contributed by atoms with Crippen LogP contribution in [0.2, 0.25) is 0 Å². The molecule has 0 unspecified atom stereocenters. The fourth-order valence-electron chi connectivity index (χ4n) is 4.79. The highest BCUT2D eigenvalue weighted by atomic mass is 32.2. The van der Waals surface area contributed by atoms with Gasteiger partial charge in [0.25, 0.3) is 0 Å². The fourth-order valence-corrected chi connectivity index (χ4v) is 8.13. The molecule has 1 N–H and O–H groups in total. The van der Waals surface area contributed by atoms with Crippen LogP contribution in [0.1, 0.15) is 42.5 Å². The van der Waals surface area contributed by atoms with Crippen LogP contribution < -0.4 is 14.2 Å². The van der Waals surface area contributed by atoms with Gasteiger partial charge in [-0.2, -0.15) is 4.31 Å². The zero-order valence-corrected chi connectivity index (χ0v) is 24.8. The Morgan fingerprint density at radius 2 is 1.59 bits per heavy atom. The number of methoxy groups -OCH3 is 2. The van der Waals surface area contributed by atoms with E-state index in [0.717, 1.165) is 36.1 Å². The number of ether oxygens (including phenoxy) is 2. The molecular weight excluding hydrogens is 557 g/mol. The number of thiophene rings is 1. The van der Waals surface area contributed by atoms with Crippen LogP contribution in [0.15, 0.2) is 69.8 Å². The molecule has 4 rings (SSSR count). The molecule has 212 valence electrons.